The van der Waals surface area contributed by atoms with Crippen LogP contribution in [0.2, 0.25) is 0 Å². The zero-order valence-electron chi connectivity index (χ0n) is 11.9. The Morgan fingerprint density at radius 1 is 1.00 bits per heavy atom. The van der Waals surface area contributed by atoms with Crippen molar-refractivity contribution in [3.05, 3.63) is 0 Å². The van der Waals surface area contributed by atoms with E-state index >= 15 is 0 Å². The summed E-state index contributed by atoms with van der Waals surface area (Å²) in [5, 5.41) is 0. The van der Waals surface area contributed by atoms with E-state index in [0.717, 1.165) is 50.6 Å². The van der Waals surface area contributed by atoms with Crippen LogP contribution in [0.15, 0.2) is 0 Å². The summed E-state index contributed by atoms with van der Waals surface area (Å²) in [6.07, 6.45) is 3.25. The van der Waals surface area contributed by atoms with Crippen molar-refractivity contribution in [1.29, 1.82) is 0 Å². The average molecular weight is 264 g/mol. The molecule has 0 aromatic carbocycles. The van der Waals surface area contributed by atoms with Crippen molar-refractivity contribution < 1.29 is 9.59 Å². The molecule has 0 aromatic rings. The van der Waals surface area contributed by atoms with Crippen LogP contribution in [0.4, 0.5) is 0 Å². The number of piperidine rings is 1. The van der Waals surface area contributed by atoms with Gasteiger partial charge in [-0.25, -0.2) is 0 Å². The molecule has 1 heterocycles. The van der Waals surface area contributed by atoms with Crippen molar-refractivity contribution in [2.75, 3.05) is 13.1 Å². The molecule has 106 valence electrons. The largest absolute Gasteiger partial charge is 0.369 e. The number of carbonyl (C=O) groups excluding carboxylic acids is 2. The third-order valence-electron chi connectivity index (χ3n) is 5.91. The lowest BCUT2D eigenvalue weighted by atomic mass is 9.81. The predicted molar refractivity (Wildman–Crippen MR) is 72.0 cm³/mol. The van der Waals surface area contributed by atoms with Crippen LogP contribution in [0.25, 0.3) is 0 Å². The van der Waals surface area contributed by atoms with E-state index in [1.165, 1.54) is 0 Å². The molecule has 0 radical (unpaired) electrons. The molecule has 3 rings (SSSR count). The van der Waals surface area contributed by atoms with Gasteiger partial charge in [-0.3, -0.25) is 9.59 Å². The maximum absolute atomic E-state index is 12.5. The molecular formula is C15H24N2O2. The Bertz CT molecular complexity index is 396. The van der Waals surface area contributed by atoms with Crippen LogP contribution in [-0.4, -0.2) is 29.8 Å². The van der Waals surface area contributed by atoms with Crippen molar-refractivity contribution >= 4 is 11.8 Å². The molecule has 2 atom stereocenters. The second-order valence-electron chi connectivity index (χ2n) is 7.23. The molecule has 1 saturated heterocycles. The summed E-state index contributed by atoms with van der Waals surface area (Å²) < 4.78 is 0. The van der Waals surface area contributed by atoms with Gasteiger partial charge in [-0.15, -0.1) is 0 Å². The fourth-order valence-electron chi connectivity index (χ4n) is 4.19. The number of hydrogen-bond donors (Lipinski definition) is 1. The third-order valence-corrected chi connectivity index (χ3v) is 5.91. The summed E-state index contributed by atoms with van der Waals surface area (Å²) in [4.78, 5) is 25.7. The lowest BCUT2D eigenvalue weighted by molar-refractivity contribution is -0.137. The van der Waals surface area contributed by atoms with Crippen molar-refractivity contribution in [3.63, 3.8) is 0 Å². The summed E-state index contributed by atoms with van der Waals surface area (Å²) in [6.45, 7) is 6.52. The third kappa shape index (κ3) is 2.05. The molecule has 3 aliphatic rings. The van der Waals surface area contributed by atoms with Gasteiger partial charge in [0, 0.05) is 24.9 Å². The van der Waals surface area contributed by atoms with E-state index in [2.05, 4.69) is 18.7 Å². The van der Waals surface area contributed by atoms with Gasteiger partial charge in [0.2, 0.25) is 11.8 Å². The Kier molecular flexibility index (Phi) is 2.88. The van der Waals surface area contributed by atoms with Crippen molar-refractivity contribution in [2.45, 2.75) is 39.5 Å². The number of primary amides is 1. The molecule has 4 heteroatoms. The Labute approximate surface area is 114 Å². The van der Waals surface area contributed by atoms with E-state index in [1.54, 1.807) is 0 Å². The molecule has 1 aliphatic heterocycles. The number of fused-ring (bicyclic) bond motifs is 1. The highest BCUT2D eigenvalue weighted by Crippen LogP contribution is 2.62. The first-order valence-electron chi connectivity index (χ1n) is 7.49. The number of amides is 2. The van der Waals surface area contributed by atoms with Crippen LogP contribution in [0, 0.1) is 29.1 Å². The van der Waals surface area contributed by atoms with E-state index in [1.807, 2.05) is 0 Å². The number of hydrogen-bond acceptors (Lipinski definition) is 2. The first kappa shape index (κ1) is 12.9. The minimum atomic E-state index is -0.199. The van der Waals surface area contributed by atoms with Crippen molar-refractivity contribution in [1.82, 2.24) is 4.90 Å². The van der Waals surface area contributed by atoms with Gasteiger partial charge in [-0.05, 0) is 42.9 Å². The van der Waals surface area contributed by atoms with E-state index in [9.17, 15) is 9.59 Å². The van der Waals surface area contributed by atoms with Gasteiger partial charge < -0.3 is 10.6 Å². The first-order valence-corrected chi connectivity index (χ1v) is 7.49. The van der Waals surface area contributed by atoms with E-state index in [4.69, 9.17) is 5.73 Å². The SMILES string of the molecule is CC1(C)[C@@H]2CN(C(=O)C3CCC(C(N)=O)CC3)C[C@H]21. The molecule has 4 nitrogen and oxygen atoms in total. The summed E-state index contributed by atoms with van der Waals surface area (Å²) in [6, 6.07) is 0. The standard InChI is InChI=1S/C15H24N2O2/c1-15(2)11-7-17(8-12(11)15)14(19)10-5-3-9(4-6-10)13(16)18/h9-12H,3-8H2,1-2H3,(H2,16,18)/t9?,10?,11-,12-/m1/s1. The Hall–Kier alpha value is -1.06. The monoisotopic (exact) mass is 264 g/mol. The van der Waals surface area contributed by atoms with Crippen LogP contribution < -0.4 is 5.73 Å². The highest BCUT2D eigenvalue weighted by Gasteiger charge is 2.62. The number of rotatable bonds is 2. The second kappa shape index (κ2) is 4.22. The highest BCUT2D eigenvalue weighted by molar-refractivity contribution is 5.81. The lowest BCUT2D eigenvalue weighted by Crippen LogP contribution is -2.39. The summed E-state index contributed by atoms with van der Waals surface area (Å²) >= 11 is 0. The molecule has 3 fully saturated rings. The normalized spacial score (nSPS) is 39.8. The van der Waals surface area contributed by atoms with Gasteiger partial charge in [0.1, 0.15) is 0 Å². The molecule has 0 aromatic heterocycles. The van der Waals surface area contributed by atoms with Gasteiger partial charge in [0.15, 0.2) is 0 Å². The average Bonchev–Trinajstić information content (AvgIpc) is 2.79. The van der Waals surface area contributed by atoms with Crippen molar-refractivity contribution in [3.8, 4) is 0 Å². The van der Waals surface area contributed by atoms with Crippen LogP contribution in [0.3, 0.4) is 0 Å². The maximum Gasteiger partial charge on any atom is 0.225 e. The smallest absolute Gasteiger partial charge is 0.225 e. The quantitative estimate of drug-likeness (QED) is 0.819. The predicted octanol–water partition coefficient (Wildman–Crippen LogP) is 1.39. The van der Waals surface area contributed by atoms with Gasteiger partial charge >= 0.3 is 0 Å². The molecule has 0 bridgehead atoms. The number of nitrogens with zero attached hydrogens (tertiary/aromatic N) is 1. The fourth-order valence-corrected chi connectivity index (χ4v) is 4.19. The molecule has 19 heavy (non-hydrogen) atoms. The first-order chi connectivity index (χ1) is 8.91. The Morgan fingerprint density at radius 3 is 1.95 bits per heavy atom. The number of nitrogens with two attached hydrogens (primary N) is 1. The minimum Gasteiger partial charge on any atom is -0.369 e. The second-order valence-corrected chi connectivity index (χ2v) is 7.23. The van der Waals surface area contributed by atoms with Gasteiger partial charge in [0.25, 0.3) is 0 Å². The van der Waals surface area contributed by atoms with Gasteiger partial charge in [-0.1, -0.05) is 13.8 Å². The maximum atomic E-state index is 12.5. The van der Waals surface area contributed by atoms with Gasteiger partial charge in [-0.2, -0.15) is 0 Å². The molecule has 0 spiro atoms. The van der Waals surface area contributed by atoms with E-state index in [-0.39, 0.29) is 17.7 Å². The Balaban J connectivity index is 1.52. The summed E-state index contributed by atoms with van der Waals surface area (Å²) in [5.74, 6) is 1.70. The number of carbonyl (C=O) groups is 2. The summed E-state index contributed by atoms with van der Waals surface area (Å²) in [7, 11) is 0. The zero-order chi connectivity index (χ0) is 13.8. The zero-order valence-corrected chi connectivity index (χ0v) is 11.9. The Morgan fingerprint density at radius 2 is 1.47 bits per heavy atom. The van der Waals surface area contributed by atoms with Crippen LogP contribution in [0.5, 0.6) is 0 Å². The van der Waals surface area contributed by atoms with Crippen LogP contribution in [0.1, 0.15) is 39.5 Å². The molecular weight excluding hydrogens is 240 g/mol. The fraction of sp³-hybridized carbons (Fsp3) is 0.867. The van der Waals surface area contributed by atoms with E-state index in [0.29, 0.717) is 11.3 Å². The van der Waals surface area contributed by atoms with Crippen LogP contribution in [-0.2, 0) is 9.59 Å². The molecule has 2 amide bonds. The summed E-state index contributed by atoms with van der Waals surface area (Å²) in [5.41, 5.74) is 5.79. The molecule has 2 saturated carbocycles. The van der Waals surface area contributed by atoms with Crippen LogP contribution >= 0.6 is 0 Å². The molecule has 2 aliphatic carbocycles. The molecule has 0 unspecified atom stereocenters. The minimum absolute atomic E-state index is 0.00466. The highest BCUT2D eigenvalue weighted by atomic mass is 16.2. The van der Waals surface area contributed by atoms with Gasteiger partial charge in [0.05, 0.1) is 0 Å². The van der Waals surface area contributed by atoms with Crippen molar-refractivity contribution in [2.24, 2.45) is 34.8 Å². The molecule has 2 N–H and O–H groups in total. The van der Waals surface area contributed by atoms with E-state index < -0.39 is 0 Å². The lowest BCUT2D eigenvalue weighted by Gasteiger charge is -2.31. The number of likely N-dealkylation sites (tertiary alicyclic amines) is 1. The topological polar surface area (TPSA) is 63.4 Å².